The Morgan fingerprint density at radius 3 is 2.60 bits per heavy atom. The number of rotatable bonds is 7. The second-order valence-corrected chi connectivity index (χ2v) is 5.62. The topological polar surface area (TPSA) is 41.6 Å². The molecule has 5 heteroatoms. The maximum Gasteiger partial charge on any atom is 0.255 e. The zero-order valence-corrected chi connectivity index (χ0v) is 14.2. The number of likely N-dealkylation sites (N-methyl/N-ethyl adjacent to an activating group) is 1. The predicted octanol–water partition coefficient (Wildman–Crippen LogP) is 2.92. The summed E-state index contributed by atoms with van der Waals surface area (Å²) in [5.41, 5.74) is 0.557. The first-order valence-corrected chi connectivity index (χ1v) is 7.67. The van der Waals surface area contributed by atoms with Crippen LogP contribution < -0.4 is 10.1 Å². The molecular weight excluding hydrogens is 320 g/mol. The van der Waals surface area contributed by atoms with Gasteiger partial charge in [0.2, 0.25) is 0 Å². The lowest BCUT2D eigenvalue weighted by Gasteiger charge is -2.23. The molecule has 1 amide bonds. The van der Waals surface area contributed by atoms with Gasteiger partial charge in [-0.3, -0.25) is 4.79 Å². The maximum absolute atomic E-state index is 12.3. The highest BCUT2D eigenvalue weighted by molar-refractivity contribution is 9.10. The third kappa shape index (κ3) is 4.80. The van der Waals surface area contributed by atoms with E-state index in [-0.39, 0.29) is 11.9 Å². The Kier molecular flexibility index (Phi) is 7.02. The van der Waals surface area contributed by atoms with Crippen molar-refractivity contribution in [2.75, 3.05) is 26.7 Å². The molecule has 0 heterocycles. The Bertz CT molecular complexity index is 447. The van der Waals surface area contributed by atoms with Gasteiger partial charge in [-0.25, -0.2) is 0 Å². The van der Waals surface area contributed by atoms with Crippen LogP contribution in [0.3, 0.4) is 0 Å². The largest absolute Gasteiger partial charge is 0.496 e. The number of nitrogens with zero attached hydrogens (tertiary/aromatic N) is 1. The highest BCUT2D eigenvalue weighted by Crippen LogP contribution is 2.23. The molecule has 0 aromatic heterocycles. The van der Waals surface area contributed by atoms with Crippen LogP contribution in [0.4, 0.5) is 0 Å². The molecule has 0 aliphatic heterocycles. The normalized spacial score (nSPS) is 12.3. The van der Waals surface area contributed by atoms with Crippen LogP contribution in [-0.2, 0) is 0 Å². The number of ether oxygens (including phenoxy) is 1. The molecule has 1 unspecified atom stereocenters. The molecular formula is C15H23BrN2O2. The number of amides is 1. The fraction of sp³-hybridized carbons (Fsp3) is 0.533. The Labute approximate surface area is 129 Å². The van der Waals surface area contributed by atoms with Crippen LogP contribution in [0.5, 0.6) is 5.75 Å². The molecule has 4 nitrogen and oxygen atoms in total. The standard InChI is InChI=1S/C15H23BrN2O2/c1-5-18(6-2)10-11(3)17-15(19)13-8-7-12(16)9-14(13)20-4/h7-9,11H,5-6,10H2,1-4H3,(H,17,19). The minimum absolute atomic E-state index is 0.0933. The lowest BCUT2D eigenvalue weighted by molar-refractivity contribution is 0.0927. The zero-order chi connectivity index (χ0) is 15.1. The monoisotopic (exact) mass is 342 g/mol. The summed E-state index contributed by atoms with van der Waals surface area (Å²) >= 11 is 3.37. The smallest absolute Gasteiger partial charge is 0.255 e. The van der Waals surface area contributed by atoms with Gasteiger partial charge in [0.15, 0.2) is 0 Å². The Balaban J connectivity index is 2.71. The van der Waals surface area contributed by atoms with Crippen molar-refractivity contribution in [2.45, 2.75) is 26.8 Å². The first kappa shape index (κ1) is 17.0. The molecule has 0 spiro atoms. The summed E-state index contributed by atoms with van der Waals surface area (Å²) in [6, 6.07) is 5.49. The van der Waals surface area contributed by atoms with Gasteiger partial charge in [-0.05, 0) is 38.2 Å². The first-order chi connectivity index (χ1) is 9.51. The van der Waals surface area contributed by atoms with Crippen LogP contribution in [0.1, 0.15) is 31.1 Å². The van der Waals surface area contributed by atoms with Crippen LogP contribution >= 0.6 is 15.9 Å². The molecule has 112 valence electrons. The van der Waals surface area contributed by atoms with E-state index in [0.717, 1.165) is 24.1 Å². The van der Waals surface area contributed by atoms with Crippen molar-refractivity contribution in [3.63, 3.8) is 0 Å². The molecule has 0 bridgehead atoms. The van der Waals surface area contributed by atoms with Gasteiger partial charge in [0.25, 0.3) is 5.91 Å². The fourth-order valence-corrected chi connectivity index (χ4v) is 2.41. The second-order valence-electron chi connectivity index (χ2n) is 4.70. The van der Waals surface area contributed by atoms with E-state index in [9.17, 15) is 4.79 Å². The van der Waals surface area contributed by atoms with Crippen molar-refractivity contribution in [1.29, 1.82) is 0 Å². The van der Waals surface area contributed by atoms with Gasteiger partial charge in [0, 0.05) is 17.1 Å². The Morgan fingerprint density at radius 1 is 1.40 bits per heavy atom. The average molecular weight is 343 g/mol. The highest BCUT2D eigenvalue weighted by Gasteiger charge is 2.16. The number of methoxy groups -OCH3 is 1. The van der Waals surface area contributed by atoms with Gasteiger partial charge in [0.05, 0.1) is 12.7 Å². The van der Waals surface area contributed by atoms with Gasteiger partial charge in [-0.2, -0.15) is 0 Å². The third-order valence-corrected chi connectivity index (χ3v) is 3.71. The summed E-state index contributed by atoms with van der Waals surface area (Å²) in [7, 11) is 1.57. The number of hydrogen-bond donors (Lipinski definition) is 1. The lowest BCUT2D eigenvalue weighted by Crippen LogP contribution is -2.42. The van der Waals surface area contributed by atoms with E-state index < -0.39 is 0 Å². The van der Waals surface area contributed by atoms with E-state index in [2.05, 4.69) is 40.0 Å². The minimum atomic E-state index is -0.103. The maximum atomic E-state index is 12.3. The zero-order valence-electron chi connectivity index (χ0n) is 12.6. The van der Waals surface area contributed by atoms with Gasteiger partial charge >= 0.3 is 0 Å². The molecule has 0 saturated heterocycles. The third-order valence-electron chi connectivity index (χ3n) is 3.21. The molecule has 0 aliphatic carbocycles. The van der Waals surface area contributed by atoms with E-state index >= 15 is 0 Å². The van der Waals surface area contributed by atoms with Gasteiger partial charge in [-0.15, -0.1) is 0 Å². The molecule has 1 aromatic rings. The van der Waals surface area contributed by atoms with E-state index in [1.165, 1.54) is 0 Å². The van der Waals surface area contributed by atoms with E-state index in [4.69, 9.17) is 4.74 Å². The second kappa shape index (κ2) is 8.27. The van der Waals surface area contributed by atoms with Crippen LogP contribution in [0, 0.1) is 0 Å². The van der Waals surface area contributed by atoms with Gasteiger partial charge in [0.1, 0.15) is 5.75 Å². The van der Waals surface area contributed by atoms with Crippen LogP contribution in [0.15, 0.2) is 22.7 Å². The quantitative estimate of drug-likeness (QED) is 0.828. The summed E-state index contributed by atoms with van der Waals surface area (Å²) in [5, 5.41) is 3.01. The van der Waals surface area contributed by atoms with Gasteiger partial charge in [-0.1, -0.05) is 29.8 Å². The van der Waals surface area contributed by atoms with Crippen molar-refractivity contribution >= 4 is 21.8 Å². The average Bonchev–Trinajstić information content (AvgIpc) is 2.44. The van der Waals surface area contributed by atoms with Crippen LogP contribution in [-0.4, -0.2) is 43.6 Å². The van der Waals surface area contributed by atoms with Gasteiger partial charge < -0.3 is 15.0 Å². The Hall–Kier alpha value is -1.07. The molecule has 1 rings (SSSR count). The molecule has 20 heavy (non-hydrogen) atoms. The summed E-state index contributed by atoms with van der Waals surface area (Å²) in [4.78, 5) is 14.6. The SMILES string of the molecule is CCN(CC)CC(C)NC(=O)c1ccc(Br)cc1OC. The summed E-state index contributed by atoms with van der Waals surface area (Å²) in [5.74, 6) is 0.473. The van der Waals surface area contributed by atoms with E-state index in [0.29, 0.717) is 11.3 Å². The minimum Gasteiger partial charge on any atom is -0.496 e. The Morgan fingerprint density at radius 2 is 2.05 bits per heavy atom. The van der Waals surface area contributed by atoms with E-state index in [1.54, 1.807) is 19.2 Å². The number of nitrogens with one attached hydrogen (secondary N) is 1. The van der Waals surface area contributed by atoms with Crippen molar-refractivity contribution in [3.8, 4) is 5.75 Å². The molecule has 0 radical (unpaired) electrons. The van der Waals surface area contributed by atoms with Crippen LogP contribution in [0.25, 0.3) is 0 Å². The number of carbonyl (C=O) groups is 1. The van der Waals surface area contributed by atoms with Crippen molar-refractivity contribution < 1.29 is 9.53 Å². The van der Waals surface area contributed by atoms with Crippen molar-refractivity contribution in [3.05, 3.63) is 28.2 Å². The summed E-state index contributed by atoms with van der Waals surface area (Å²) < 4.78 is 6.14. The van der Waals surface area contributed by atoms with E-state index in [1.807, 2.05) is 13.0 Å². The first-order valence-electron chi connectivity index (χ1n) is 6.88. The van der Waals surface area contributed by atoms with Crippen molar-refractivity contribution in [1.82, 2.24) is 10.2 Å². The molecule has 1 aromatic carbocycles. The number of benzene rings is 1. The molecule has 1 atom stereocenters. The molecule has 0 aliphatic rings. The number of hydrogen-bond acceptors (Lipinski definition) is 3. The van der Waals surface area contributed by atoms with Crippen LogP contribution in [0.2, 0.25) is 0 Å². The number of halogens is 1. The predicted molar refractivity (Wildman–Crippen MR) is 85.4 cm³/mol. The number of carbonyl (C=O) groups excluding carboxylic acids is 1. The lowest BCUT2D eigenvalue weighted by atomic mass is 10.1. The molecule has 1 N–H and O–H groups in total. The fourth-order valence-electron chi connectivity index (χ4n) is 2.07. The highest BCUT2D eigenvalue weighted by atomic mass is 79.9. The summed E-state index contributed by atoms with van der Waals surface area (Å²) in [6.07, 6.45) is 0. The molecule has 0 saturated carbocycles. The summed E-state index contributed by atoms with van der Waals surface area (Å²) in [6.45, 7) is 9.07. The van der Waals surface area contributed by atoms with Crippen molar-refractivity contribution in [2.24, 2.45) is 0 Å². The molecule has 0 fully saturated rings.